The van der Waals surface area contributed by atoms with Crippen LogP contribution in [0.25, 0.3) is 0 Å². The Bertz CT molecular complexity index is 670. The molecule has 110 valence electrons. The highest BCUT2D eigenvalue weighted by Crippen LogP contribution is 2.44. The Labute approximate surface area is 130 Å². The minimum atomic E-state index is -0.471. The largest absolute Gasteiger partial charge is 0.495 e. The van der Waals surface area contributed by atoms with Gasteiger partial charge in [-0.15, -0.1) is 0 Å². The van der Waals surface area contributed by atoms with Crippen molar-refractivity contribution < 1.29 is 4.74 Å². The molecule has 0 saturated carbocycles. The van der Waals surface area contributed by atoms with Crippen LogP contribution in [0, 0.1) is 0 Å². The minimum Gasteiger partial charge on any atom is -0.495 e. The van der Waals surface area contributed by atoms with Crippen molar-refractivity contribution in [3.05, 3.63) is 64.2 Å². The molecule has 0 spiro atoms. The number of hydrogen-bond acceptors (Lipinski definition) is 2. The van der Waals surface area contributed by atoms with E-state index in [0.29, 0.717) is 16.7 Å². The number of fused-ring (bicyclic) bond motifs is 1. The van der Waals surface area contributed by atoms with Crippen molar-refractivity contribution in [3.8, 4) is 5.75 Å². The fourth-order valence-electron chi connectivity index (χ4n) is 3.30. The molecule has 0 bridgehead atoms. The second kappa shape index (κ2) is 5.36. The van der Waals surface area contributed by atoms with Gasteiger partial charge in [0.2, 0.25) is 0 Å². The molecule has 0 radical (unpaired) electrons. The SMILES string of the molecule is COc1cc(C2(N)CCC(C)c3ccccc32)ccc1Cl. The van der Waals surface area contributed by atoms with Crippen LogP contribution in [-0.4, -0.2) is 7.11 Å². The summed E-state index contributed by atoms with van der Waals surface area (Å²) in [6.07, 6.45) is 2.01. The zero-order valence-corrected chi connectivity index (χ0v) is 13.2. The molecule has 0 aromatic heterocycles. The molecule has 2 N–H and O–H groups in total. The number of rotatable bonds is 2. The lowest BCUT2D eigenvalue weighted by Crippen LogP contribution is -2.41. The molecular weight excluding hydrogens is 282 g/mol. The third-order valence-electron chi connectivity index (χ3n) is 4.61. The van der Waals surface area contributed by atoms with E-state index in [0.717, 1.165) is 18.4 Å². The highest BCUT2D eigenvalue weighted by Gasteiger charge is 2.37. The van der Waals surface area contributed by atoms with Crippen molar-refractivity contribution in [3.63, 3.8) is 0 Å². The number of benzene rings is 2. The van der Waals surface area contributed by atoms with Crippen LogP contribution in [0.1, 0.15) is 42.4 Å². The molecule has 2 atom stereocenters. The maximum atomic E-state index is 6.83. The molecule has 1 aliphatic carbocycles. The quantitative estimate of drug-likeness (QED) is 0.889. The molecule has 0 heterocycles. The number of hydrogen-bond donors (Lipinski definition) is 1. The van der Waals surface area contributed by atoms with E-state index in [2.05, 4.69) is 31.2 Å². The lowest BCUT2D eigenvalue weighted by Gasteiger charge is -2.39. The van der Waals surface area contributed by atoms with Gasteiger partial charge in [0, 0.05) is 0 Å². The van der Waals surface area contributed by atoms with E-state index < -0.39 is 5.54 Å². The number of nitrogens with two attached hydrogens (primary N) is 1. The zero-order chi connectivity index (χ0) is 15.0. The first-order chi connectivity index (χ1) is 10.1. The molecule has 2 nitrogen and oxygen atoms in total. The summed E-state index contributed by atoms with van der Waals surface area (Å²) in [7, 11) is 1.63. The zero-order valence-electron chi connectivity index (χ0n) is 12.4. The molecule has 3 heteroatoms. The summed E-state index contributed by atoms with van der Waals surface area (Å²) in [5, 5.41) is 0.613. The molecule has 2 aromatic rings. The number of ether oxygens (including phenoxy) is 1. The van der Waals surface area contributed by atoms with Gasteiger partial charge in [-0.25, -0.2) is 0 Å². The lowest BCUT2D eigenvalue weighted by atomic mass is 9.70. The predicted molar refractivity (Wildman–Crippen MR) is 87.1 cm³/mol. The topological polar surface area (TPSA) is 35.2 Å². The van der Waals surface area contributed by atoms with Gasteiger partial charge in [-0.1, -0.05) is 48.9 Å². The molecule has 2 aromatic carbocycles. The van der Waals surface area contributed by atoms with E-state index in [9.17, 15) is 0 Å². The smallest absolute Gasteiger partial charge is 0.137 e. The highest BCUT2D eigenvalue weighted by atomic mass is 35.5. The molecular formula is C18H20ClNO. The number of methoxy groups -OCH3 is 1. The van der Waals surface area contributed by atoms with Crippen molar-refractivity contribution >= 4 is 11.6 Å². The van der Waals surface area contributed by atoms with Gasteiger partial charge in [0.1, 0.15) is 5.75 Å². The average molecular weight is 302 g/mol. The second-order valence-corrected chi connectivity index (χ2v) is 6.25. The molecule has 0 aliphatic heterocycles. The van der Waals surface area contributed by atoms with E-state index in [4.69, 9.17) is 22.1 Å². The van der Waals surface area contributed by atoms with E-state index in [1.165, 1.54) is 11.1 Å². The molecule has 2 unspecified atom stereocenters. The predicted octanol–water partition coefficient (Wildman–Crippen LogP) is 4.45. The fourth-order valence-corrected chi connectivity index (χ4v) is 3.50. The van der Waals surface area contributed by atoms with Crippen molar-refractivity contribution in [2.75, 3.05) is 7.11 Å². The summed E-state index contributed by atoms with van der Waals surface area (Å²) in [5.41, 5.74) is 9.98. The Morgan fingerprint density at radius 2 is 2.00 bits per heavy atom. The molecule has 0 saturated heterocycles. The van der Waals surface area contributed by atoms with E-state index in [1.54, 1.807) is 7.11 Å². The Morgan fingerprint density at radius 1 is 1.24 bits per heavy atom. The summed E-state index contributed by atoms with van der Waals surface area (Å²) >= 11 is 6.14. The van der Waals surface area contributed by atoms with Gasteiger partial charge >= 0.3 is 0 Å². The minimum absolute atomic E-state index is 0.471. The molecule has 0 fully saturated rings. The van der Waals surface area contributed by atoms with Crippen LogP contribution in [0.15, 0.2) is 42.5 Å². The van der Waals surface area contributed by atoms with Gasteiger partial charge in [-0.2, -0.15) is 0 Å². The maximum Gasteiger partial charge on any atom is 0.137 e. The van der Waals surface area contributed by atoms with Crippen LogP contribution in [-0.2, 0) is 5.54 Å². The van der Waals surface area contributed by atoms with Crippen molar-refractivity contribution in [1.29, 1.82) is 0 Å². The van der Waals surface area contributed by atoms with Gasteiger partial charge in [-0.05, 0) is 47.6 Å². The Balaban J connectivity index is 2.15. The fraction of sp³-hybridized carbons (Fsp3) is 0.333. The van der Waals surface area contributed by atoms with Crippen LogP contribution in [0.3, 0.4) is 0 Å². The summed E-state index contributed by atoms with van der Waals surface area (Å²) in [4.78, 5) is 0. The van der Waals surface area contributed by atoms with Crippen LogP contribution < -0.4 is 10.5 Å². The molecule has 1 aliphatic rings. The summed E-state index contributed by atoms with van der Waals surface area (Å²) in [6, 6.07) is 14.3. The van der Waals surface area contributed by atoms with Crippen LogP contribution in [0.2, 0.25) is 5.02 Å². The first-order valence-corrected chi connectivity index (χ1v) is 7.66. The van der Waals surface area contributed by atoms with Gasteiger partial charge < -0.3 is 10.5 Å². The normalized spacial score (nSPS) is 24.5. The first kappa shape index (κ1) is 14.4. The third kappa shape index (κ3) is 2.33. The van der Waals surface area contributed by atoms with E-state index in [1.807, 2.05) is 18.2 Å². The van der Waals surface area contributed by atoms with Gasteiger partial charge in [0.15, 0.2) is 0 Å². The summed E-state index contributed by atoms with van der Waals surface area (Å²) in [6.45, 7) is 2.26. The maximum absolute atomic E-state index is 6.83. The average Bonchev–Trinajstić information content (AvgIpc) is 2.52. The molecule has 21 heavy (non-hydrogen) atoms. The lowest BCUT2D eigenvalue weighted by molar-refractivity contribution is 0.398. The van der Waals surface area contributed by atoms with Crippen LogP contribution in [0.4, 0.5) is 0 Å². The summed E-state index contributed by atoms with van der Waals surface area (Å²) < 4.78 is 5.34. The summed E-state index contributed by atoms with van der Waals surface area (Å²) in [5.74, 6) is 1.22. The monoisotopic (exact) mass is 301 g/mol. The van der Waals surface area contributed by atoms with E-state index >= 15 is 0 Å². The number of halogens is 1. The Morgan fingerprint density at radius 3 is 2.76 bits per heavy atom. The van der Waals surface area contributed by atoms with E-state index in [-0.39, 0.29) is 0 Å². The Hall–Kier alpha value is -1.51. The van der Waals surface area contributed by atoms with Crippen LogP contribution in [0.5, 0.6) is 5.75 Å². The van der Waals surface area contributed by atoms with Gasteiger partial charge in [-0.3, -0.25) is 0 Å². The molecule has 0 amide bonds. The molecule has 3 rings (SSSR count). The van der Waals surface area contributed by atoms with Crippen molar-refractivity contribution in [1.82, 2.24) is 0 Å². The van der Waals surface area contributed by atoms with Gasteiger partial charge in [0.05, 0.1) is 17.7 Å². The highest BCUT2D eigenvalue weighted by molar-refractivity contribution is 6.32. The standard InChI is InChI=1S/C18H20ClNO/c1-12-9-10-18(20,15-6-4-3-5-14(12)15)13-7-8-16(19)17(11-13)21-2/h3-8,11-12H,9-10,20H2,1-2H3. The first-order valence-electron chi connectivity index (χ1n) is 7.28. The Kier molecular flexibility index (Phi) is 3.68. The van der Waals surface area contributed by atoms with Crippen molar-refractivity contribution in [2.45, 2.75) is 31.2 Å². The van der Waals surface area contributed by atoms with Crippen LogP contribution >= 0.6 is 11.6 Å². The van der Waals surface area contributed by atoms with Crippen molar-refractivity contribution in [2.24, 2.45) is 5.73 Å². The van der Waals surface area contributed by atoms with Gasteiger partial charge in [0.25, 0.3) is 0 Å². The third-order valence-corrected chi connectivity index (χ3v) is 4.92. The second-order valence-electron chi connectivity index (χ2n) is 5.85.